The lowest BCUT2D eigenvalue weighted by atomic mass is 10.2. The van der Waals surface area contributed by atoms with E-state index < -0.39 is 26.2 Å². The van der Waals surface area contributed by atoms with Crippen LogP contribution >= 0.6 is 11.6 Å². The van der Waals surface area contributed by atoms with Gasteiger partial charge in [0.15, 0.2) is 4.90 Å². The van der Waals surface area contributed by atoms with Crippen molar-refractivity contribution in [1.82, 2.24) is 0 Å². The molecular weight excluding hydrogens is 331 g/mol. The van der Waals surface area contributed by atoms with Gasteiger partial charge in [0.05, 0.1) is 4.90 Å². The van der Waals surface area contributed by atoms with Gasteiger partial charge < -0.3 is 4.42 Å². The highest BCUT2D eigenvalue weighted by molar-refractivity contribution is 7.91. The van der Waals surface area contributed by atoms with Crippen LogP contribution in [0, 0.1) is 5.82 Å². The molecule has 0 N–H and O–H groups in total. The van der Waals surface area contributed by atoms with E-state index >= 15 is 0 Å². The van der Waals surface area contributed by atoms with E-state index in [0.717, 1.165) is 12.1 Å². The van der Waals surface area contributed by atoms with E-state index in [4.69, 9.17) is 16.0 Å². The summed E-state index contributed by atoms with van der Waals surface area (Å²) in [6.45, 7) is 0. The van der Waals surface area contributed by atoms with Crippen molar-refractivity contribution in [3.63, 3.8) is 0 Å². The predicted molar refractivity (Wildman–Crippen MR) is 79.3 cm³/mol. The summed E-state index contributed by atoms with van der Waals surface area (Å²) < 4.78 is 43.2. The summed E-state index contributed by atoms with van der Waals surface area (Å²) in [5.74, 6) is -0.714. The zero-order chi connectivity index (χ0) is 15.9. The SMILES string of the molecule is O=c1oc2ccc(Cl)cc2cc1S(=O)(=O)c1cccc(F)c1. The van der Waals surface area contributed by atoms with Gasteiger partial charge in [0.25, 0.3) is 0 Å². The third-order valence-electron chi connectivity index (χ3n) is 3.06. The minimum atomic E-state index is -4.19. The summed E-state index contributed by atoms with van der Waals surface area (Å²) in [6.07, 6.45) is 0. The Morgan fingerprint density at radius 1 is 1.05 bits per heavy atom. The lowest BCUT2D eigenvalue weighted by Crippen LogP contribution is -2.14. The second kappa shape index (κ2) is 5.23. The van der Waals surface area contributed by atoms with E-state index in [-0.39, 0.29) is 10.5 Å². The maximum absolute atomic E-state index is 13.2. The summed E-state index contributed by atoms with van der Waals surface area (Å²) in [6, 6.07) is 10.1. The summed E-state index contributed by atoms with van der Waals surface area (Å²) in [5, 5.41) is 0.734. The average molecular weight is 339 g/mol. The van der Waals surface area contributed by atoms with Gasteiger partial charge in [-0.25, -0.2) is 17.6 Å². The second-order valence-corrected chi connectivity index (χ2v) is 6.90. The van der Waals surface area contributed by atoms with Crippen LogP contribution in [0.5, 0.6) is 0 Å². The van der Waals surface area contributed by atoms with E-state index in [1.165, 1.54) is 36.4 Å². The maximum atomic E-state index is 13.2. The Morgan fingerprint density at radius 2 is 1.82 bits per heavy atom. The largest absolute Gasteiger partial charge is 0.422 e. The summed E-state index contributed by atoms with van der Waals surface area (Å²) in [7, 11) is -4.19. The molecule has 1 aromatic heterocycles. The first-order chi connectivity index (χ1) is 10.4. The molecule has 0 radical (unpaired) electrons. The molecule has 2 aromatic carbocycles. The Labute approximate surface area is 129 Å². The van der Waals surface area contributed by atoms with Crippen molar-refractivity contribution < 1.29 is 17.2 Å². The van der Waals surface area contributed by atoms with Crippen LogP contribution in [0.15, 0.2) is 67.5 Å². The molecule has 0 aliphatic carbocycles. The molecule has 112 valence electrons. The van der Waals surface area contributed by atoms with Crippen molar-refractivity contribution in [2.24, 2.45) is 0 Å². The fourth-order valence-corrected chi connectivity index (χ4v) is 3.53. The van der Waals surface area contributed by atoms with Gasteiger partial charge in [0.1, 0.15) is 11.4 Å². The van der Waals surface area contributed by atoms with E-state index in [1.807, 2.05) is 0 Å². The maximum Gasteiger partial charge on any atom is 0.355 e. The van der Waals surface area contributed by atoms with Crippen LogP contribution in [0.2, 0.25) is 5.02 Å². The molecule has 22 heavy (non-hydrogen) atoms. The first kappa shape index (κ1) is 14.7. The van der Waals surface area contributed by atoms with Crippen LogP contribution in [0.3, 0.4) is 0 Å². The molecule has 0 spiro atoms. The molecule has 3 aromatic rings. The highest BCUT2D eigenvalue weighted by atomic mass is 35.5. The number of hydrogen-bond acceptors (Lipinski definition) is 4. The molecular formula is C15H8ClFO4S. The minimum absolute atomic E-state index is 0.215. The highest BCUT2D eigenvalue weighted by Crippen LogP contribution is 2.24. The molecule has 0 aliphatic heterocycles. The van der Waals surface area contributed by atoms with Gasteiger partial charge >= 0.3 is 5.63 Å². The van der Waals surface area contributed by atoms with Crippen LogP contribution in [-0.2, 0) is 9.84 Å². The van der Waals surface area contributed by atoms with Crippen LogP contribution in [-0.4, -0.2) is 8.42 Å². The molecule has 0 amide bonds. The number of fused-ring (bicyclic) bond motifs is 1. The van der Waals surface area contributed by atoms with Gasteiger partial charge in [-0.05, 0) is 42.5 Å². The highest BCUT2D eigenvalue weighted by Gasteiger charge is 2.23. The third kappa shape index (κ3) is 2.51. The Bertz CT molecular complexity index is 1040. The lowest BCUT2D eigenvalue weighted by Gasteiger charge is -2.05. The van der Waals surface area contributed by atoms with Gasteiger partial charge in [-0.3, -0.25) is 0 Å². The molecule has 3 rings (SSSR count). The van der Waals surface area contributed by atoms with Gasteiger partial charge in [-0.1, -0.05) is 17.7 Å². The fraction of sp³-hybridized carbons (Fsp3) is 0. The number of hydrogen-bond donors (Lipinski definition) is 0. The van der Waals surface area contributed by atoms with E-state index in [9.17, 15) is 17.6 Å². The summed E-state index contributed by atoms with van der Waals surface area (Å²) in [5.41, 5.74) is -0.799. The summed E-state index contributed by atoms with van der Waals surface area (Å²) >= 11 is 5.84. The molecule has 0 aliphatic rings. The van der Waals surface area contributed by atoms with Crippen LogP contribution in [0.25, 0.3) is 11.0 Å². The number of rotatable bonds is 2. The minimum Gasteiger partial charge on any atom is -0.422 e. The predicted octanol–water partition coefficient (Wildman–Crippen LogP) is 3.42. The normalized spacial score (nSPS) is 11.7. The van der Waals surface area contributed by atoms with Crippen LogP contribution < -0.4 is 5.63 Å². The monoisotopic (exact) mass is 338 g/mol. The summed E-state index contributed by atoms with van der Waals surface area (Å²) in [4.78, 5) is 11.1. The number of halogens is 2. The quantitative estimate of drug-likeness (QED) is 0.672. The van der Waals surface area contributed by atoms with E-state index in [0.29, 0.717) is 10.4 Å². The van der Waals surface area contributed by atoms with Crippen molar-refractivity contribution in [3.05, 3.63) is 69.8 Å². The topological polar surface area (TPSA) is 64.3 Å². The fourth-order valence-electron chi connectivity index (χ4n) is 2.02. The van der Waals surface area contributed by atoms with E-state index in [1.54, 1.807) is 0 Å². The van der Waals surface area contributed by atoms with Crippen molar-refractivity contribution >= 4 is 32.4 Å². The average Bonchev–Trinajstić information content (AvgIpc) is 2.47. The van der Waals surface area contributed by atoms with Crippen molar-refractivity contribution in [2.75, 3.05) is 0 Å². The first-order valence-electron chi connectivity index (χ1n) is 6.12. The number of benzene rings is 2. The number of sulfone groups is 1. The smallest absolute Gasteiger partial charge is 0.355 e. The van der Waals surface area contributed by atoms with Gasteiger partial charge in [0, 0.05) is 10.4 Å². The second-order valence-electron chi connectivity index (χ2n) is 4.54. The Kier molecular flexibility index (Phi) is 3.50. The van der Waals surface area contributed by atoms with Crippen molar-refractivity contribution in [2.45, 2.75) is 9.79 Å². The molecule has 0 bridgehead atoms. The van der Waals surface area contributed by atoms with Crippen LogP contribution in [0.4, 0.5) is 4.39 Å². The van der Waals surface area contributed by atoms with Gasteiger partial charge in [-0.15, -0.1) is 0 Å². The Balaban J connectivity index is 2.29. The van der Waals surface area contributed by atoms with Crippen molar-refractivity contribution in [1.29, 1.82) is 0 Å². The first-order valence-corrected chi connectivity index (χ1v) is 7.98. The van der Waals surface area contributed by atoms with Gasteiger partial charge in [-0.2, -0.15) is 0 Å². The molecule has 0 saturated heterocycles. The zero-order valence-electron chi connectivity index (χ0n) is 10.9. The standard InChI is InChI=1S/C15H8ClFO4S/c16-10-4-5-13-9(6-10)7-14(15(18)21-13)22(19,20)12-3-1-2-11(17)8-12/h1-8H. The molecule has 7 heteroatoms. The Hall–Kier alpha value is -2.18. The van der Waals surface area contributed by atoms with Gasteiger partial charge in [0.2, 0.25) is 9.84 Å². The van der Waals surface area contributed by atoms with Crippen LogP contribution in [0.1, 0.15) is 0 Å². The molecule has 0 unspecified atom stereocenters. The third-order valence-corrected chi connectivity index (χ3v) is 5.03. The molecule has 0 saturated carbocycles. The molecule has 0 atom stereocenters. The van der Waals surface area contributed by atoms with Crippen molar-refractivity contribution in [3.8, 4) is 0 Å². The molecule has 4 nitrogen and oxygen atoms in total. The molecule has 0 fully saturated rings. The zero-order valence-corrected chi connectivity index (χ0v) is 12.5. The lowest BCUT2D eigenvalue weighted by molar-refractivity contribution is 0.532. The Morgan fingerprint density at radius 3 is 2.55 bits per heavy atom. The molecule has 1 heterocycles. The van der Waals surface area contributed by atoms with E-state index in [2.05, 4.69) is 0 Å².